The minimum Gasteiger partial charge on any atom is -0.463 e. The minimum absolute atomic E-state index is 0.0603. The molecule has 0 aliphatic heterocycles. The number of ether oxygens (including phenoxy) is 1. The van der Waals surface area contributed by atoms with Crippen LogP contribution in [0.15, 0.2) is 17.3 Å². The Morgan fingerprint density at radius 2 is 1.96 bits per heavy atom. The smallest absolute Gasteiger partial charge is 0.330 e. The van der Waals surface area contributed by atoms with Crippen molar-refractivity contribution >= 4 is 14.3 Å². The first kappa shape index (κ1) is 21.7. The Labute approximate surface area is 141 Å². The fraction of sp³-hybridized carbons (Fsp3) is 0.812. The van der Waals surface area contributed by atoms with Crippen LogP contribution in [0.1, 0.15) is 47.5 Å². The van der Waals surface area contributed by atoms with Crippen LogP contribution >= 0.6 is 0 Å². The summed E-state index contributed by atoms with van der Waals surface area (Å²) in [5, 5.41) is 3.88. The Morgan fingerprint density at radius 1 is 1.35 bits per heavy atom. The monoisotopic (exact) mass is 341 g/mol. The Hall–Kier alpha value is -1.30. The molecule has 0 saturated heterocycles. The van der Waals surface area contributed by atoms with Crippen LogP contribution in [0.3, 0.4) is 0 Å². The molecule has 0 aliphatic rings. The minimum atomic E-state index is -2.00. The van der Waals surface area contributed by atoms with E-state index in [1.165, 1.54) is 6.08 Å². The molecule has 7 heteroatoms. The third kappa shape index (κ3) is 7.68. The molecule has 2 atom stereocenters. The highest BCUT2D eigenvalue weighted by Gasteiger charge is 2.40. The third-order valence-electron chi connectivity index (χ3n) is 4.11. The van der Waals surface area contributed by atoms with E-state index in [0.29, 0.717) is 6.61 Å². The van der Waals surface area contributed by atoms with Gasteiger partial charge in [0.1, 0.15) is 0 Å². The highest BCUT2D eigenvalue weighted by molar-refractivity contribution is 6.74. The van der Waals surface area contributed by atoms with Gasteiger partial charge >= 0.3 is 5.97 Å². The van der Waals surface area contributed by atoms with Gasteiger partial charge in [0.25, 0.3) is 0 Å². The van der Waals surface area contributed by atoms with Crippen molar-refractivity contribution in [1.82, 2.24) is 0 Å². The maximum Gasteiger partial charge on any atom is 0.330 e. The van der Waals surface area contributed by atoms with E-state index in [9.17, 15) is 4.79 Å². The molecule has 0 aromatic rings. The average molecular weight is 342 g/mol. The number of carbonyl (C=O) groups excluding carboxylic acids is 1. The number of nitrogens with zero attached hydrogens (tertiary/aromatic N) is 3. The quantitative estimate of drug-likeness (QED) is 0.148. The molecule has 132 valence electrons. The van der Waals surface area contributed by atoms with Gasteiger partial charge in [-0.25, -0.2) is 4.79 Å². The molecule has 0 aliphatic carbocycles. The highest BCUT2D eigenvalue weighted by Crippen LogP contribution is 2.38. The number of azide groups is 1. The molecule has 0 aromatic carbocycles. The van der Waals surface area contributed by atoms with Crippen LogP contribution in [0.25, 0.3) is 10.4 Å². The molecule has 0 amide bonds. The van der Waals surface area contributed by atoms with Crippen molar-refractivity contribution < 1.29 is 14.0 Å². The lowest BCUT2D eigenvalue weighted by molar-refractivity contribution is -0.137. The molecular formula is C16H31N3O3Si. The van der Waals surface area contributed by atoms with Crippen molar-refractivity contribution in [3.05, 3.63) is 22.6 Å². The molecule has 0 spiro atoms. The van der Waals surface area contributed by atoms with Crippen LogP contribution in [0.5, 0.6) is 0 Å². The van der Waals surface area contributed by atoms with Gasteiger partial charge in [-0.3, -0.25) is 0 Å². The predicted molar refractivity (Wildman–Crippen MR) is 95.7 cm³/mol. The van der Waals surface area contributed by atoms with E-state index in [1.54, 1.807) is 13.0 Å². The van der Waals surface area contributed by atoms with E-state index in [2.05, 4.69) is 50.8 Å². The normalized spacial score (nSPS) is 15.1. The summed E-state index contributed by atoms with van der Waals surface area (Å²) in [5.74, 6) is -0.437. The van der Waals surface area contributed by atoms with Crippen LogP contribution in [0.4, 0.5) is 0 Å². The number of esters is 1. The van der Waals surface area contributed by atoms with Crippen molar-refractivity contribution in [2.45, 2.75) is 77.7 Å². The number of hydrogen-bond acceptors (Lipinski definition) is 4. The molecule has 0 N–H and O–H groups in total. The van der Waals surface area contributed by atoms with Gasteiger partial charge in [0.2, 0.25) is 0 Å². The lowest BCUT2D eigenvalue weighted by atomic mass is 10.1. The standard InChI is InChI=1S/C16H31N3O3Si/c1-8-10-14(22-23(6,7)16(3,4)5)13(18-19-17)11-12-15(20)21-9-2/h11-14H,8-10H2,1-7H3/b12-11+/t13-,14-/m0/s1. The van der Waals surface area contributed by atoms with Crippen molar-refractivity contribution in [1.29, 1.82) is 0 Å². The summed E-state index contributed by atoms with van der Waals surface area (Å²) in [5.41, 5.74) is 8.84. The molecule has 23 heavy (non-hydrogen) atoms. The topological polar surface area (TPSA) is 84.3 Å². The van der Waals surface area contributed by atoms with E-state index < -0.39 is 20.3 Å². The largest absolute Gasteiger partial charge is 0.463 e. The van der Waals surface area contributed by atoms with Gasteiger partial charge in [-0.15, -0.1) is 0 Å². The molecule has 0 fully saturated rings. The number of hydrogen-bond donors (Lipinski definition) is 0. The lowest BCUT2D eigenvalue weighted by Crippen LogP contribution is -2.46. The zero-order valence-corrected chi connectivity index (χ0v) is 16.5. The molecule has 0 unspecified atom stereocenters. The van der Waals surface area contributed by atoms with Gasteiger partial charge < -0.3 is 9.16 Å². The highest BCUT2D eigenvalue weighted by atomic mass is 28.4. The first-order valence-corrected chi connectivity index (χ1v) is 11.1. The summed E-state index contributed by atoms with van der Waals surface area (Å²) in [6.07, 6.45) is 4.35. The summed E-state index contributed by atoms with van der Waals surface area (Å²) in [7, 11) is -2.00. The lowest BCUT2D eigenvalue weighted by Gasteiger charge is -2.40. The van der Waals surface area contributed by atoms with Crippen LogP contribution in [0, 0.1) is 0 Å². The molecule has 6 nitrogen and oxygen atoms in total. The second-order valence-electron chi connectivity index (χ2n) is 7.01. The summed E-state index contributed by atoms with van der Waals surface area (Å²) < 4.78 is 11.3. The van der Waals surface area contributed by atoms with E-state index >= 15 is 0 Å². The van der Waals surface area contributed by atoms with Crippen LogP contribution in [-0.4, -0.2) is 33.0 Å². The Bertz CT molecular complexity index is 452. The summed E-state index contributed by atoms with van der Waals surface area (Å²) in [4.78, 5) is 14.4. The first-order chi connectivity index (χ1) is 10.6. The van der Waals surface area contributed by atoms with Gasteiger partial charge in [-0.1, -0.05) is 45.3 Å². The molecule has 0 radical (unpaired) electrons. The third-order valence-corrected chi connectivity index (χ3v) is 8.61. The van der Waals surface area contributed by atoms with E-state index in [0.717, 1.165) is 12.8 Å². The van der Waals surface area contributed by atoms with E-state index in [4.69, 9.17) is 14.7 Å². The van der Waals surface area contributed by atoms with Crippen molar-refractivity contribution in [3.63, 3.8) is 0 Å². The van der Waals surface area contributed by atoms with E-state index in [1.807, 2.05) is 0 Å². The second-order valence-corrected chi connectivity index (χ2v) is 11.8. The summed E-state index contributed by atoms with van der Waals surface area (Å²) >= 11 is 0. The zero-order chi connectivity index (χ0) is 18.1. The Balaban J connectivity index is 5.32. The van der Waals surface area contributed by atoms with Crippen LogP contribution < -0.4 is 0 Å². The SMILES string of the molecule is CCC[C@H](O[Si](C)(C)C(C)(C)C)[C@H](/C=C/C(=O)OCC)N=[N+]=[N-]. The average Bonchev–Trinajstić information content (AvgIpc) is 2.42. The molecule has 0 saturated carbocycles. The van der Waals surface area contributed by atoms with Crippen molar-refractivity contribution in [2.75, 3.05) is 6.61 Å². The zero-order valence-electron chi connectivity index (χ0n) is 15.5. The van der Waals surface area contributed by atoms with Crippen LogP contribution in [-0.2, 0) is 14.0 Å². The van der Waals surface area contributed by atoms with Gasteiger partial charge in [-0.2, -0.15) is 0 Å². The maximum atomic E-state index is 11.5. The van der Waals surface area contributed by atoms with Crippen molar-refractivity contribution in [2.24, 2.45) is 5.11 Å². The summed E-state index contributed by atoms with van der Waals surface area (Å²) in [6, 6.07) is -0.515. The second kappa shape index (κ2) is 9.75. The van der Waals surface area contributed by atoms with Gasteiger partial charge in [0, 0.05) is 11.0 Å². The van der Waals surface area contributed by atoms with Crippen LogP contribution in [0.2, 0.25) is 18.1 Å². The van der Waals surface area contributed by atoms with Gasteiger partial charge in [0.05, 0.1) is 18.8 Å². The molecule has 0 bridgehead atoms. The molecular weight excluding hydrogens is 310 g/mol. The number of rotatable bonds is 9. The molecule has 0 aromatic heterocycles. The fourth-order valence-electron chi connectivity index (χ4n) is 1.80. The fourth-order valence-corrected chi connectivity index (χ4v) is 3.17. The Morgan fingerprint density at radius 3 is 2.39 bits per heavy atom. The molecule has 0 rings (SSSR count). The summed E-state index contributed by atoms with van der Waals surface area (Å²) in [6.45, 7) is 14.9. The van der Waals surface area contributed by atoms with Gasteiger partial charge in [-0.05, 0) is 37.0 Å². The predicted octanol–water partition coefficient (Wildman–Crippen LogP) is 4.98. The Kier molecular flexibility index (Phi) is 9.20. The van der Waals surface area contributed by atoms with Gasteiger partial charge in [0.15, 0.2) is 8.32 Å². The van der Waals surface area contributed by atoms with Crippen molar-refractivity contribution in [3.8, 4) is 0 Å². The first-order valence-electron chi connectivity index (χ1n) is 8.16. The van der Waals surface area contributed by atoms with E-state index in [-0.39, 0.29) is 11.1 Å². The maximum absolute atomic E-state index is 11.5. The number of carbonyl (C=O) groups is 1. The molecule has 0 heterocycles.